The van der Waals surface area contributed by atoms with Crippen LogP contribution >= 0.6 is 15.9 Å². The summed E-state index contributed by atoms with van der Waals surface area (Å²) in [5, 5.41) is 5.95. The number of halogens is 1. The first-order chi connectivity index (χ1) is 10.1. The van der Waals surface area contributed by atoms with Gasteiger partial charge in [0.1, 0.15) is 0 Å². The lowest BCUT2D eigenvalue weighted by Crippen LogP contribution is -2.41. The van der Waals surface area contributed by atoms with Gasteiger partial charge >= 0.3 is 11.8 Å². The topological polar surface area (TPSA) is 61.4 Å². The number of amides is 2. The molecule has 1 aromatic carbocycles. The number of anilines is 1. The van der Waals surface area contributed by atoms with Gasteiger partial charge in [-0.05, 0) is 43.1 Å². The van der Waals surface area contributed by atoms with Gasteiger partial charge in [-0.2, -0.15) is 0 Å². The Balaban J connectivity index is 2.05. The van der Waals surface area contributed by atoms with Crippen molar-refractivity contribution in [3.63, 3.8) is 0 Å². The van der Waals surface area contributed by atoms with Crippen LogP contribution in [0.1, 0.15) is 18.9 Å². The molecule has 1 saturated heterocycles. The SMILES string of the molecule is CCc1cc(Br)ccc1NC(=O)C(=O)N1CCCNCC1. The highest BCUT2D eigenvalue weighted by Crippen LogP contribution is 2.21. The van der Waals surface area contributed by atoms with Crippen LogP contribution in [0.2, 0.25) is 0 Å². The van der Waals surface area contributed by atoms with Gasteiger partial charge in [0.25, 0.3) is 0 Å². The minimum Gasteiger partial charge on any atom is -0.333 e. The molecule has 1 heterocycles. The van der Waals surface area contributed by atoms with Crippen LogP contribution in [0.5, 0.6) is 0 Å². The third-order valence-corrected chi connectivity index (χ3v) is 4.01. The number of hydrogen-bond acceptors (Lipinski definition) is 3. The molecule has 6 heteroatoms. The van der Waals surface area contributed by atoms with Crippen LogP contribution in [0.4, 0.5) is 5.69 Å². The summed E-state index contributed by atoms with van der Waals surface area (Å²) in [4.78, 5) is 26.0. The average Bonchev–Trinajstić information content (AvgIpc) is 2.77. The van der Waals surface area contributed by atoms with Crippen molar-refractivity contribution >= 4 is 33.4 Å². The number of carbonyl (C=O) groups is 2. The largest absolute Gasteiger partial charge is 0.333 e. The molecule has 2 N–H and O–H groups in total. The molecular weight excluding hydrogens is 334 g/mol. The molecule has 2 rings (SSSR count). The van der Waals surface area contributed by atoms with E-state index >= 15 is 0 Å². The fraction of sp³-hybridized carbons (Fsp3) is 0.467. The monoisotopic (exact) mass is 353 g/mol. The van der Waals surface area contributed by atoms with Gasteiger partial charge in [-0.3, -0.25) is 9.59 Å². The molecular formula is C15H20BrN3O2. The summed E-state index contributed by atoms with van der Waals surface area (Å²) >= 11 is 3.41. The first kappa shape index (κ1) is 16.0. The minimum atomic E-state index is -0.561. The molecule has 1 aromatic rings. The number of rotatable bonds is 2. The lowest BCUT2D eigenvalue weighted by atomic mass is 10.1. The molecule has 2 amide bonds. The normalized spacial score (nSPS) is 15.4. The summed E-state index contributed by atoms with van der Waals surface area (Å²) in [5.74, 6) is -1.02. The van der Waals surface area contributed by atoms with Crippen molar-refractivity contribution in [1.82, 2.24) is 10.2 Å². The highest BCUT2D eigenvalue weighted by molar-refractivity contribution is 9.10. The van der Waals surface area contributed by atoms with E-state index in [1.807, 2.05) is 25.1 Å². The van der Waals surface area contributed by atoms with Crippen molar-refractivity contribution in [2.24, 2.45) is 0 Å². The van der Waals surface area contributed by atoms with Gasteiger partial charge in [0.05, 0.1) is 0 Å². The fourth-order valence-corrected chi connectivity index (χ4v) is 2.75. The van der Waals surface area contributed by atoms with Crippen LogP contribution in [0.25, 0.3) is 0 Å². The van der Waals surface area contributed by atoms with Gasteiger partial charge in [0.15, 0.2) is 0 Å². The van der Waals surface area contributed by atoms with Crippen LogP contribution in [-0.4, -0.2) is 42.9 Å². The Hall–Kier alpha value is -1.40. The molecule has 1 fully saturated rings. The molecule has 0 spiro atoms. The zero-order chi connectivity index (χ0) is 15.2. The Kier molecular flexibility index (Phi) is 5.76. The van der Waals surface area contributed by atoms with E-state index in [9.17, 15) is 9.59 Å². The summed E-state index contributed by atoms with van der Waals surface area (Å²) in [6, 6.07) is 5.63. The molecule has 5 nitrogen and oxygen atoms in total. The van der Waals surface area contributed by atoms with E-state index in [2.05, 4.69) is 26.6 Å². The van der Waals surface area contributed by atoms with Crippen LogP contribution in [-0.2, 0) is 16.0 Å². The maximum absolute atomic E-state index is 12.2. The summed E-state index contributed by atoms with van der Waals surface area (Å²) in [6.45, 7) is 4.84. The highest BCUT2D eigenvalue weighted by Gasteiger charge is 2.23. The third-order valence-electron chi connectivity index (χ3n) is 3.52. The fourth-order valence-electron chi connectivity index (χ4n) is 2.34. The number of benzene rings is 1. The van der Waals surface area contributed by atoms with Crippen molar-refractivity contribution in [2.45, 2.75) is 19.8 Å². The Morgan fingerprint density at radius 2 is 2.14 bits per heavy atom. The molecule has 0 bridgehead atoms. The summed E-state index contributed by atoms with van der Waals surface area (Å²) in [7, 11) is 0. The Labute approximate surface area is 133 Å². The third kappa shape index (κ3) is 4.28. The van der Waals surface area contributed by atoms with Crippen LogP contribution < -0.4 is 10.6 Å². The lowest BCUT2D eigenvalue weighted by Gasteiger charge is -2.19. The molecule has 21 heavy (non-hydrogen) atoms. The maximum atomic E-state index is 12.2. The Morgan fingerprint density at radius 3 is 2.90 bits per heavy atom. The first-order valence-corrected chi connectivity index (χ1v) is 8.00. The first-order valence-electron chi connectivity index (χ1n) is 7.21. The van der Waals surface area contributed by atoms with Gasteiger partial charge in [0, 0.05) is 29.8 Å². The molecule has 114 valence electrons. The standard InChI is InChI=1S/C15H20BrN3O2/c1-2-11-10-12(16)4-5-13(11)18-14(20)15(21)19-8-3-6-17-7-9-19/h4-5,10,17H,2-3,6-9H2,1H3,(H,18,20). The molecule has 1 aliphatic rings. The van der Waals surface area contributed by atoms with Gasteiger partial charge in [-0.25, -0.2) is 0 Å². The Bertz CT molecular complexity index is 526. The number of carbonyl (C=O) groups excluding carboxylic acids is 2. The molecule has 0 aromatic heterocycles. The van der Waals surface area contributed by atoms with Crippen molar-refractivity contribution in [2.75, 3.05) is 31.5 Å². The van der Waals surface area contributed by atoms with Crippen molar-refractivity contribution in [1.29, 1.82) is 0 Å². The minimum absolute atomic E-state index is 0.455. The molecule has 0 unspecified atom stereocenters. The van der Waals surface area contributed by atoms with Gasteiger partial charge in [-0.15, -0.1) is 0 Å². The van der Waals surface area contributed by atoms with E-state index in [4.69, 9.17) is 0 Å². The van der Waals surface area contributed by atoms with Gasteiger partial charge < -0.3 is 15.5 Å². The van der Waals surface area contributed by atoms with E-state index in [0.717, 1.165) is 36.0 Å². The quantitative estimate of drug-likeness (QED) is 0.796. The second kappa shape index (κ2) is 7.56. The van der Waals surface area contributed by atoms with E-state index in [-0.39, 0.29) is 0 Å². The highest BCUT2D eigenvalue weighted by atomic mass is 79.9. The van der Waals surface area contributed by atoms with Crippen LogP contribution in [0.15, 0.2) is 22.7 Å². The van der Waals surface area contributed by atoms with Crippen LogP contribution in [0.3, 0.4) is 0 Å². The molecule has 0 aliphatic carbocycles. The summed E-state index contributed by atoms with van der Waals surface area (Å²) < 4.78 is 0.960. The lowest BCUT2D eigenvalue weighted by molar-refractivity contribution is -0.143. The van der Waals surface area contributed by atoms with E-state index in [0.29, 0.717) is 18.8 Å². The zero-order valence-corrected chi connectivity index (χ0v) is 13.7. The number of hydrogen-bond donors (Lipinski definition) is 2. The van der Waals surface area contributed by atoms with Crippen LogP contribution in [0, 0.1) is 0 Å². The van der Waals surface area contributed by atoms with Crippen molar-refractivity contribution in [3.05, 3.63) is 28.2 Å². The van der Waals surface area contributed by atoms with E-state index < -0.39 is 11.8 Å². The zero-order valence-electron chi connectivity index (χ0n) is 12.1. The summed E-state index contributed by atoms with van der Waals surface area (Å²) in [5.41, 5.74) is 1.70. The Morgan fingerprint density at radius 1 is 1.33 bits per heavy atom. The molecule has 0 atom stereocenters. The smallest absolute Gasteiger partial charge is 0.313 e. The van der Waals surface area contributed by atoms with Crippen molar-refractivity contribution in [3.8, 4) is 0 Å². The number of nitrogens with one attached hydrogen (secondary N) is 2. The number of nitrogens with zero attached hydrogens (tertiary/aromatic N) is 1. The molecule has 1 aliphatic heterocycles. The molecule has 0 saturated carbocycles. The number of aryl methyl sites for hydroxylation is 1. The predicted octanol–water partition coefficient (Wildman–Crippen LogP) is 1.77. The van der Waals surface area contributed by atoms with E-state index in [1.54, 1.807) is 4.90 Å². The maximum Gasteiger partial charge on any atom is 0.313 e. The second-order valence-electron chi connectivity index (χ2n) is 5.00. The summed E-state index contributed by atoms with van der Waals surface area (Å²) in [6.07, 6.45) is 1.66. The van der Waals surface area contributed by atoms with Crippen molar-refractivity contribution < 1.29 is 9.59 Å². The van der Waals surface area contributed by atoms with Gasteiger partial charge in [0.2, 0.25) is 0 Å². The van der Waals surface area contributed by atoms with E-state index in [1.165, 1.54) is 0 Å². The predicted molar refractivity (Wildman–Crippen MR) is 86.2 cm³/mol. The average molecular weight is 354 g/mol. The molecule has 0 radical (unpaired) electrons. The van der Waals surface area contributed by atoms with Gasteiger partial charge in [-0.1, -0.05) is 22.9 Å². The second-order valence-corrected chi connectivity index (χ2v) is 5.92.